The Hall–Kier alpha value is -0.990. The van der Waals surface area contributed by atoms with Crippen molar-refractivity contribution >= 4 is 27.5 Å². The minimum Gasteiger partial charge on any atom is -0.493 e. The molecule has 0 saturated carbocycles. The van der Waals surface area contributed by atoms with E-state index in [0.717, 1.165) is 35.6 Å². The van der Waals surface area contributed by atoms with Gasteiger partial charge < -0.3 is 4.74 Å². The Balaban J connectivity index is 1.94. The third-order valence-electron chi connectivity index (χ3n) is 4.11. The van der Waals surface area contributed by atoms with Crippen LogP contribution in [0.25, 0.3) is 0 Å². The first kappa shape index (κ1) is 14.9. The second kappa shape index (κ2) is 6.41. The van der Waals surface area contributed by atoms with Gasteiger partial charge in [0.2, 0.25) is 0 Å². The zero-order valence-electron chi connectivity index (χ0n) is 12.0. The second-order valence-corrected chi connectivity index (χ2v) is 6.65. The summed E-state index contributed by atoms with van der Waals surface area (Å²) in [7, 11) is 0. The summed E-state index contributed by atoms with van der Waals surface area (Å²) >= 11 is 9.93. The van der Waals surface area contributed by atoms with Crippen LogP contribution in [-0.2, 0) is 12.8 Å². The number of aryl methyl sites for hydroxylation is 1. The van der Waals surface area contributed by atoms with Gasteiger partial charge in [-0.3, -0.25) is 0 Å². The first-order chi connectivity index (χ1) is 10.2. The van der Waals surface area contributed by atoms with Gasteiger partial charge in [-0.25, -0.2) is 0 Å². The van der Waals surface area contributed by atoms with Crippen LogP contribution in [0.4, 0.5) is 0 Å². The molecule has 0 radical (unpaired) electrons. The molecule has 0 spiro atoms. The zero-order valence-corrected chi connectivity index (χ0v) is 14.4. The normalized spacial score (nSPS) is 14.6. The van der Waals surface area contributed by atoms with E-state index in [2.05, 4.69) is 53.2 Å². The number of benzene rings is 2. The van der Waals surface area contributed by atoms with E-state index in [1.807, 2.05) is 6.07 Å². The Labute approximate surface area is 139 Å². The largest absolute Gasteiger partial charge is 0.493 e. The molecular weight excluding hydrogens is 348 g/mol. The maximum Gasteiger partial charge on any atom is 0.125 e. The average Bonchev–Trinajstić information content (AvgIpc) is 2.93. The molecule has 0 aromatic heterocycles. The maximum absolute atomic E-state index is 6.27. The lowest BCUT2D eigenvalue weighted by atomic mass is 9.90. The lowest BCUT2D eigenvalue weighted by Gasteiger charge is -2.19. The molecular formula is C18H18BrClO. The van der Waals surface area contributed by atoms with Gasteiger partial charge in [0.1, 0.15) is 5.75 Å². The molecule has 1 atom stereocenters. The number of hydrogen-bond donors (Lipinski definition) is 0. The van der Waals surface area contributed by atoms with Gasteiger partial charge in [-0.05, 0) is 53.6 Å². The predicted molar refractivity (Wildman–Crippen MR) is 92.1 cm³/mol. The molecule has 1 aliphatic heterocycles. The number of hydrogen-bond acceptors (Lipinski definition) is 1. The molecule has 0 amide bonds. The molecule has 3 heteroatoms. The third-order valence-corrected chi connectivity index (χ3v) is 5.11. The lowest BCUT2D eigenvalue weighted by Crippen LogP contribution is -2.07. The van der Waals surface area contributed by atoms with Gasteiger partial charge in [-0.15, -0.1) is 0 Å². The summed E-state index contributed by atoms with van der Waals surface area (Å²) in [6, 6.07) is 12.7. The summed E-state index contributed by atoms with van der Waals surface area (Å²) in [6.45, 7) is 2.94. The summed E-state index contributed by atoms with van der Waals surface area (Å²) in [5.41, 5.74) is 5.20. The maximum atomic E-state index is 6.27. The molecule has 0 aliphatic carbocycles. The molecule has 1 unspecified atom stereocenters. The smallest absolute Gasteiger partial charge is 0.125 e. The zero-order chi connectivity index (χ0) is 14.8. The Morgan fingerprint density at radius 1 is 1.29 bits per heavy atom. The van der Waals surface area contributed by atoms with E-state index in [0.29, 0.717) is 5.92 Å². The predicted octanol–water partition coefficient (Wildman–Crippen LogP) is 5.30. The van der Waals surface area contributed by atoms with Gasteiger partial charge in [0, 0.05) is 16.8 Å². The molecule has 21 heavy (non-hydrogen) atoms. The van der Waals surface area contributed by atoms with E-state index in [1.54, 1.807) is 0 Å². The number of alkyl halides is 1. The van der Waals surface area contributed by atoms with Gasteiger partial charge in [-0.2, -0.15) is 0 Å². The van der Waals surface area contributed by atoms with Gasteiger partial charge in [0.15, 0.2) is 0 Å². The summed E-state index contributed by atoms with van der Waals surface area (Å²) < 4.78 is 5.82. The van der Waals surface area contributed by atoms with Crippen molar-refractivity contribution in [2.24, 2.45) is 0 Å². The lowest BCUT2D eigenvalue weighted by molar-refractivity contribution is 0.353. The SMILES string of the molecule is Cc1ccccc1C(CBr)Cc1cc(Cl)cc2c1OCC2. The Bertz CT molecular complexity index is 654. The minimum absolute atomic E-state index is 0.429. The molecule has 3 rings (SSSR count). The highest BCUT2D eigenvalue weighted by Gasteiger charge is 2.21. The Morgan fingerprint density at radius 2 is 2.10 bits per heavy atom. The number of halogens is 2. The fourth-order valence-electron chi connectivity index (χ4n) is 3.06. The van der Waals surface area contributed by atoms with Crippen molar-refractivity contribution in [2.45, 2.75) is 25.7 Å². The topological polar surface area (TPSA) is 9.23 Å². The van der Waals surface area contributed by atoms with Crippen molar-refractivity contribution in [1.29, 1.82) is 0 Å². The van der Waals surface area contributed by atoms with Crippen LogP contribution in [0.5, 0.6) is 5.75 Å². The highest BCUT2D eigenvalue weighted by atomic mass is 79.9. The molecule has 1 heterocycles. The van der Waals surface area contributed by atoms with E-state index in [-0.39, 0.29) is 0 Å². The van der Waals surface area contributed by atoms with Crippen LogP contribution in [-0.4, -0.2) is 11.9 Å². The monoisotopic (exact) mass is 364 g/mol. The molecule has 0 bridgehead atoms. The van der Waals surface area contributed by atoms with Crippen molar-refractivity contribution in [1.82, 2.24) is 0 Å². The molecule has 2 aromatic rings. The van der Waals surface area contributed by atoms with Gasteiger partial charge in [0.25, 0.3) is 0 Å². The highest BCUT2D eigenvalue weighted by Crippen LogP contribution is 2.36. The molecule has 0 N–H and O–H groups in total. The Kier molecular flexibility index (Phi) is 4.56. The molecule has 1 nitrogen and oxygen atoms in total. The van der Waals surface area contributed by atoms with Crippen LogP contribution in [0.1, 0.15) is 28.2 Å². The molecule has 2 aromatic carbocycles. The second-order valence-electron chi connectivity index (χ2n) is 5.56. The van der Waals surface area contributed by atoms with Crippen LogP contribution in [0, 0.1) is 6.92 Å². The van der Waals surface area contributed by atoms with Gasteiger partial charge in [0.05, 0.1) is 6.61 Å². The van der Waals surface area contributed by atoms with E-state index in [1.165, 1.54) is 22.3 Å². The number of fused-ring (bicyclic) bond motifs is 1. The van der Waals surface area contributed by atoms with Gasteiger partial charge >= 0.3 is 0 Å². The van der Waals surface area contributed by atoms with Crippen molar-refractivity contribution in [3.63, 3.8) is 0 Å². The minimum atomic E-state index is 0.429. The molecule has 0 fully saturated rings. The fraction of sp³-hybridized carbons (Fsp3) is 0.333. The van der Waals surface area contributed by atoms with Gasteiger partial charge in [-0.1, -0.05) is 51.8 Å². The van der Waals surface area contributed by atoms with Crippen LogP contribution >= 0.6 is 27.5 Å². The first-order valence-electron chi connectivity index (χ1n) is 7.24. The average molecular weight is 366 g/mol. The fourth-order valence-corrected chi connectivity index (χ4v) is 3.90. The number of ether oxygens (including phenoxy) is 1. The number of rotatable bonds is 4. The third kappa shape index (κ3) is 3.12. The summed E-state index contributed by atoms with van der Waals surface area (Å²) in [5, 5.41) is 1.74. The van der Waals surface area contributed by atoms with E-state index in [9.17, 15) is 0 Å². The summed E-state index contributed by atoms with van der Waals surface area (Å²) in [4.78, 5) is 0. The van der Waals surface area contributed by atoms with Crippen molar-refractivity contribution < 1.29 is 4.74 Å². The Morgan fingerprint density at radius 3 is 2.86 bits per heavy atom. The van der Waals surface area contributed by atoms with Crippen molar-refractivity contribution in [3.8, 4) is 5.75 Å². The molecule has 0 saturated heterocycles. The van der Waals surface area contributed by atoms with E-state index in [4.69, 9.17) is 16.3 Å². The van der Waals surface area contributed by atoms with Crippen LogP contribution in [0.3, 0.4) is 0 Å². The van der Waals surface area contributed by atoms with E-state index < -0.39 is 0 Å². The standard InChI is InChI=1S/C18H18BrClO/c1-12-4-2-3-5-17(12)15(11-19)8-14-10-16(20)9-13-6-7-21-18(13)14/h2-5,9-10,15H,6-8,11H2,1H3. The quantitative estimate of drug-likeness (QED) is 0.668. The summed E-state index contributed by atoms with van der Waals surface area (Å²) in [5.74, 6) is 1.48. The van der Waals surface area contributed by atoms with E-state index >= 15 is 0 Å². The van der Waals surface area contributed by atoms with Crippen LogP contribution < -0.4 is 4.74 Å². The first-order valence-corrected chi connectivity index (χ1v) is 8.74. The molecule has 1 aliphatic rings. The highest BCUT2D eigenvalue weighted by molar-refractivity contribution is 9.09. The van der Waals surface area contributed by atoms with Crippen molar-refractivity contribution in [3.05, 3.63) is 63.7 Å². The van der Waals surface area contributed by atoms with Crippen LogP contribution in [0.2, 0.25) is 5.02 Å². The molecule has 110 valence electrons. The van der Waals surface area contributed by atoms with Crippen molar-refractivity contribution in [2.75, 3.05) is 11.9 Å². The van der Waals surface area contributed by atoms with Crippen LogP contribution in [0.15, 0.2) is 36.4 Å². The summed E-state index contributed by atoms with van der Waals surface area (Å²) in [6.07, 6.45) is 1.91.